The predicted molar refractivity (Wildman–Crippen MR) is 71.5 cm³/mol. The van der Waals surface area contributed by atoms with E-state index < -0.39 is 16.1 Å². The zero-order valence-electron chi connectivity index (χ0n) is 9.91. The van der Waals surface area contributed by atoms with Crippen LogP contribution in [-0.4, -0.2) is 20.2 Å². The highest BCUT2D eigenvalue weighted by molar-refractivity contribution is 7.89. The lowest BCUT2D eigenvalue weighted by Crippen LogP contribution is -2.38. The zero-order chi connectivity index (χ0) is 13.9. The maximum atomic E-state index is 12.0. The van der Waals surface area contributed by atoms with Crippen molar-refractivity contribution in [2.24, 2.45) is 0 Å². The molecule has 1 aromatic carbocycles. The van der Waals surface area contributed by atoms with Crippen LogP contribution in [-0.2, 0) is 14.8 Å². The molecular formula is C11H13Cl2NO3S. The normalized spacial score (nSPS) is 13.3. The summed E-state index contributed by atoms with van der Waals surface area (Å²) in [4.78, 5) is 11.3. The number of nitrogens with one attached hydrogen (secondary N) is 1. The summed E-state index contributed by atoms with van der Waals surface area (Å²) >= 11 is 11.5. The van der Waals surface area contributed by atoms with Crippen LogP contribution in [0.1, 0.15) is 20.3 Å². The van der Waals surface area contributed by atoms with E-state index in [1.165, 1.54) is 25.1 Å². The molecule has 1 N–H and O–H groups in total. The summed E-state index contributed by atoms with van der Waals surface area (Å²) in [6.07, 6.45) is 0.269. The minimum atomic E-state index is -3.77. The lowest BCUT2D eigenvalue weighted by atomic mass is 10.2. The van der Waals surface area contributed by atoms with E-state index in [0.717, 1.165) is 0 Å². The van der Waals surface area contributed by atoms with E-state index >= 15 is 0 Å². The van der Waals surface area contributed by atoms with Gasteiger partial charge in [0.25, 0.3) is 0 Å². The average molecular weight is 310 g/mol. The number of carbonyl (C=O) groups excluding carboxylic acids is 1. The molecule has 1 unspecified atom stereocenters. The molecule has 0 saturated carbocycles. The second kappa shape index (κ2) is 6.02. The molecule has 7 heteroatoms. The van der Waals surface area contributed by atoms with Gasteiger partial charge in [-0.05, 0) is 25.1 Å². The fourth-order valence-corrected chi connectivity index (χ4v) is 2.93. The Labute approximate surface area is 116 Å². The van der Waals surface area contributed by atoms with E-state index in [9.17, 15) is 13.2 Å². The van der Waals surface area contributed by atoms with E-state index in [2.05, 4.69) is 4.72 Å². The maximum Gasteiger partial charge on any atom is 0.241 e. The number of Topliss-reactive ketones (excluding diaryl/α,β-unsaturated/α-hetero) is 1. The molecule has 0 aromatic heterocycles. The molecule has 100 valence electrons. The van der Waals surface area contributed by atoms with Gasteiger partial charge in [0.15, 0.2) is 0 Å². The van der Waals surface area contributed by atoms with Gasteiger partial charge in [-0.3, -0.25) is 4.79 Å². The summed E-state index contributed by atoms with van der Waals surface area (Å²) in [6, 6.07) is 3.20. The van der Waals surface area contributed by atoms with Crippen LogP contribution >= 0.6 is 23.2 Å². The van der Waals surface area contributed by atoms with Crippen molar-refractivity contribution in [2.75, 3.05) is 0 Å². The molecule has 0 aliphatic heterocycles. The van der Waals surface area contributed by atoms with Crippen LogP contribution in [0.25, 0.3) is 0 Å². The van der Waals surface area contributed by atoms with Gasteiger partial charge >= 0.3 is 0 Å². The molecule has 18 heavy (non-hydrogen) atoms. The van der Waals surface area contributed by atoms with Crippen molar-refractivity contribution in [1.29, 1.82) is 0 Å². The first kappa shape index (κ1) is 15.4. The van der Waals surface area contributed by atoms with Crippen LogP contribution in [0.3, 0.4) is 0 Å². The first-order valence-electron chi connectivity index (χ1n) is 5.28. The highest BCUT2D eigenvalue weighted by atomic mass is 35.5. The van der Waals surface area contributed by atoms with Crippen molar-refractivity contribution < 1.29 is 13.2 Å². The van der Waals surface area contributed by atoms with Crippen molar-refractivity contribution >= 4 is 39.0 Å². The Hall–Kier alpha value is -0.620. The number of halogens is 2. The summed E-state index contributed by atoms with van der Waals surface area (Å²) in [7, 11) is -3.77. The second-order valence-corrected chi connectivity index (χ2v) is 6.27. The van der Waals surface area contributed by atoms with Crippen LogP contribution in [0.2, 0.25) is 10.0 Å². The lowest BCUT2D eigenvalue weighted by molar-refractivity contribution is -0.119. The van der Waals surface area contributed by atoms with Crippen molar-refractivity contribution in [3.8, 4) is 0 Å². The molecule has 4 nitrogen and oxygen atoms in total. The second-order valence-electron chi connectivity index (χ2n) is 3.74. The van der Waals surface area contributed by atoms with E-state index in [0.29, 0.717) is 0 Å². The third-order valence-electron chi connectivity index (χ3n) is 2.36. The van der Waals surface area contributed by atoms with Crippen molar-refractivity contribution in [1.82, 2.24) is 4.72 Å². The predicted octanol–water partition coefficient (Wildman–Crippen LogP) is 2.64. The first-order valence-corrected chi connectivity index (χ1v) is 7.52. The van der Waals surface area contributed by atoms with Crippen LogP contribution < -0.4 is 4.72 Å². The molecule has 0 heterocycles. The number of hydrogen-bond donors (Lipinski definition) is 1. The smallest absolute Gasteiger partial charge is 0.241 e. The van der Waals surface area contributed by atoms with Crippen molar-refractivity contribution in [2.45, 2.75) is 31.2 Å². The standard InChI is InChI=1S/C11H13Cl2NO3S/c1-3-11(15)7(2)14-18(16,17)8-4-5-9(12)10(13)6-8/h4-7,14H,3H2,1-2H3. The summed E-state index contributed by atoms with van der Waals surface area (Å²) < 4.78 is 26.2. The van der Waals surface area contributed by atoms with Crippen LogP contribution in [0, 0.1) is 0 Å². The van der Waals surface area contributed by atoms with Crippen molar-refractivity contribution in [3.05, 3.63) is 28.2 Å². The number of rotatable bonds is 5. The van der Waals surface area contributed by atoms with Gasteiger partial charge in [0.1, 0.15) is 5.78 Å². The van der Waals surface area contributed by atoms with Crippen LogP contribution in [0.4, 0.5) is 0 Å². The highest BCUT2D eigenvalue weighted by Gasteiger charge is 2.21. The molecule has 1 aromatic rings. The SMILES string of the molecule is CCC(=O)C(C)NS(=O)(=O)c1ccc(Cl)c(Cl)c1. The van der Waals surface area contributed by atoms with Gasteiger partial charge in [0.2, 0.25) is 10.0 Å². The molecule has 0 bridgehead atoms. The Morgan fingerprint density at radius 1 is 1.33 bits per heavy atom. The largest absolute Gasteiger partial charge is 0.298 e. The Morgan fingerprint density at radius 2 is 1.94 bits per heavy atom. The Morgan fingerprint density at radius 3 is 2.44 bits per heavy atom. The Bertz CT molecular complexity index is 557. The molecule has 0 aliphatic carbocycles. The highest BCUT2D eigenvalue weighted by Crippen LogP contribution is 2.24. The molecule has 0 spiro atoms. The molecule has 0 fully saturated rings. The fraction of sp³-hybridized carbons (Fsp3) is 0.364. The molecule has 0 aliphatic rings. The van der Waals surface area contributed by atoms with Gasteiger partial charge in [0.05, 0.1) is 21.0 Å². The summed E-state index contributed by atoms with van der Waals surface area (Å²) in [6.45, 7) is 3.17. The zero-order valence-corrected chi connectivity index (χ0v) is 12.2. The van der Waals surface area contributed by atoms with E-state index in [1.54, 1.807) is 6.92 Å². The molecule has 0 radical (unpaired) electrons. The maximum absolute atomic E-state index is 12.0. The summed E-state index contributed by atoms with van der Waals surface area (Å²) in [5, 5.41) is 0.419. The monoisotopic (exact) mass is 309 g/mol. The Kier molecular flexibility index (Phi) is 5.16. The summed E-state index contributed by atoms with van der Waals surface area (Å²) in [5.41, 5.74) is 0. The van der Waals surface area contributed by atoms with Gasteiger partial charge in [-0.25, -0.2) is 13.1 Å². The number of benzene rings is 1. The molecule has 1 atom stereocenters. The average Bonchev–Trinajstić information content (AvgIpc) is 2.30. The molecule has 1 rings (SSSR count). The quantitative estimate of drug-likeness (QED) is 0.909. The summed E-state index contributed by atoms with van der Waals surface area (Å²) in [5.74, 6) is -0.182. The number of carbonyl (C=O) groups is 1. The fourth-order valence-electron chi connectivity index (χ4n) is 1.32. The number of ketones is 1. The van der Waals surface area contributed by atoms with E-state index in [1.807, 2.05) is 0 Å². The van der Waals surface area contributed by atoms with Gasteiger partial charge < -0.3 is 0 Å². The molecule has 0 saturated heterocycles. The topological polar surface area (TPSA) is 63.2 Å². The van der Waals surface area contributed by atoms with Crippen LogP contribution in [0.15, 0.2) is 23.1 Å². The lowest BCUT2D eigenvalue weighted by Gasteiger charge is -2.12. The first-order chi connectivity index (χ1) is 8.27. The van der Waals surface area contributed by atoms with Gasteiger partial charge in [-0.2, -0.15) is 0 Å². The minimum absolute atomic E-state index is 0.0207. The third-order valence-corrected chi connectivity index (χ3v) is 4.64. The number of hydrogen-bond acceptors (Lipinski definition) is 3. The Balaban J connectivity index is 3.00. The molecule has 0 amide bonds. The van der Waals surface area contributed by atoms with E-state index in [-0.39, 0.29) is 27.1 Å². The minimum Gasteiger partial charge on any atom is -0.298 e. The van der Waals surface area contributed by atoms with Crippen LogP contribution in [0.5, 0.6) is 0 Å². The van der Waals surface area contributed by atoms with Gasteiger partial charge in [0, 0.05) is 6.42 Å². The van der Waals surface area contributed by atoms with E-state index in [4.69, 9.17) is 23.2 Å². The number of sulfonamides is 1. The van der Waals surface area contributed by atoms with Gasteiger partial charge in [-0.15, -0.1) is 0 Å². The van der Waals surface area contributed by atoms with Gasteiger partial charge in [-0.1, -0.05) is 30.1 Å². The third kappa shape index (κ3) is 3.68. The molecular weight excluding hydrogens is 297 g/mol. The van der Waals surface area contributed by atoms with Crippen molar-refractivity contribution in [3.63, 3.8) is 0 Å².